The van der Waals surface area contributed by atoms with Gasteiger partial charge < -0.3 is 15.4 Å². The first-order valence-corrected chi connectivity index (χ1v) is 5.93. The summed E-state index contributed by atoms with van der Waals surface area (Å²) >= 11 is 0. The Bertz CT molecular complexity index is 185. The van der Waals surface area contributed by atoms with E-state index in [-0.39, 0.29) is 11.9 Å². The van der Waals surface area contributed by atoms with E-state index >= 15 is 0 Å². The molecule has 15 heavy (non-hydrogen) atoms. The molecular formula is C11H22N2O2. The van der Waals surface area contributed by atoms with Crippen LogP contribution in [0.15, 0.2) is 0 Å². The fourth-order valence-electron chi connectivity index (χ4n) is 1.73. The maximum atomic E-state index is 11.5. The minimum Gasteiger partial charge on any atom is -0.382 e. The van der Waals surface area contributed by atoms with E-state index in [1.807, 2.05) is 6.92 Å². The lowest BCUT2D eigenvalue weighted by atomic mass is 10.1. The first-order valence-electron chi connectivity index (χ1n) is 5.93. The van der Waals surface area contributed by atoms with Gasteiger partial charge in [-0.2, -0.15) is 0 Å². The summed E-state index contributed by atoms with van der Waals surface area (Å²) in [6.45, 7) is 5.22. The molecule has 0 aromatic rings. The van der Waals surface area contributed by atoms with Crippen LogP contribution in [-0.4, -0.2) is 38.3 Å². The van der Waals surface area contributed by atoms with Crippen LogP contribution in [0.5, 0.6) is 0 Å². The minimum absolute atomic E-state index is 0.00845. The van der Waals surface area contributed by atoms with E-state index in [9.17, 15) is 4.79 Å². The lowest BCUT2D eigenvalue weighted by molar-refractivity contribution is -0.122. The van der Waals surface area contributed by atoms with E-state index in [0.29, 0.717) is 0 Å². The van der Waals surface area contributed by atoms with Gasteiger partial charge in [0.15, 0.2) is 0 Å². The van der Waals surface area contributed by atoms with E-state index < -0.39 is 0 Å². The number of carbonyl (C=O) groups is 1. The van der Waals surface area contributed by atoms with Gasteiger partial charge in [0.25, 0.3) is 0 Å². The lowest BCUT2D eigenvalue weighted by Gasteiger charge is -2.14. The van der Waals surface area contributed by atoms with Crippen LogP contribution in [0.1, 0.15) is 32.6 Å². The normalized spacial score (nSPS) is 22.2. The first-order chi connectivity index (χ1) is 7.34. The van der Waals surface area contributed by atoms with Gasteiger partial charge in [0, 0.05) is 19.8 Å². The number of carbonyl (C=O) groups excluding carboxylic acids is 1. The van der Waals surface area contributed by atoms with Gasteiger partial charge in [-0.15, -0.1) is 0 Å². The van der Waals surface area contributed by atoms with Gasteiger partial charge in [0.05, 0.1) is 6.04 Å². The van der Waals surface area contributed by atoms with Gasteiger partial charge in [-0.25, -0.2) is 0 Å². The van der Waals surface area contributed by atoms with Gasteiger partial charge >= 0.3 is 0 Å². The highest BCUT2D eigenvalue weighted by molar-refractivity contribution is 5.81. The van der Waals surface area contributed by atoms with Crippen LogP contribution in [0.2, 0.25) is 0 Å². The average molecular weight is 214 g/mol. The van der Waals surface area contributed by atoms with E-state index in [1.165, 1.54) is 0 Å². The monoisotopic (exact) mass is 214 g/mol. The molecule has 0 saturated carbocycles. The minimum atomic E-state index is 0.00845. The largest absolute Gasteiger partial charge is 0.382 e. The van der Waals surface area contributed by atoms with E-state index in [0.717, 1.165) is 52.0 Å². The molecule has 4 nitrogen and oxygen atoms in total. The second kappa shape index (κ2) is 7.65. The SMILES string of the molecule is CCOCCCNC1CCCCNC1=O. The van der Waals surface area contributed by atoms with Gasteiger partial charge in [-0.05, 0) is 39.2 Å². The van der Waals surface area contributed by atoms with Crippen molar-refractivity contribution in [1.82, 2.24) is 10.6 Å². The molecule has 1 atom stereocenters. The number of hydrogen-bond donors (Lipinski definition) is 2. The molecule has 88 valence electrons. The van der Waals surface area contributed by atoms with Crippen molar-refractivity contribution in [2.24, 2.45) is 0 Å². The van der Waals surface area contributed by atoms with Crippen molar-refractivity contribution >= 4 is 5.91 Å². The average Bonchev–Trinajstić information content (AvgIpc) is 2.44. The molecule has 0 aromatic carbocycles. The summed E-state index contributed by atoms with van der Waals surface area (Å²) in [6, 6.07) is 0.00845. The molecule has 4 heteroatoms. The first kappa shape index (κ1) is 12.5. The molecule has 2 N–H and O–H groups in total. The maximum Gasteiger partial charge on any atom is 0.237 e. The van der Waals surface area contributed by atoms with Crippen LogP contribution < -0.4 is 10.6 Å². The van der Waals surface area contributed by atoms with Crippen LogP contribution >= 0.6 is 0 Å². The summed E-state index contributed by atoms with van der Waals surface area (Å²) in [4.78, 5) is 11.5. The van der Waals surface area contributed by atoms with Crippen LogP contribution in [-0.2, 0) is 9.53 Å². The van der Waals surface area contributed by atoms with Crippen molar-refractivity contribution in [3.05, 3.63) is 0 Å². The number of amides is 1. The lowest BCUT2D eigenvalue weighted by Crippen LogP contribution is -2.43. The van der Waals surface area contributed by atoms with Crippen molar-refractivity contribution in [3.8, 4) is 0 Å². The van der Waals surface area contributed by atoms with Gasteiger partial charge in [0.1, 0.15) is 0 Å². The van der Waals surface area contributed by atoms with Crippen LogP contribution in [0, 0.1) is 0 Å². The third kappa shape index (κ3) is 5.14. The molecule has 1 amide bonds. The number of rotatable bonds is 6. The Kier molecular flexibility index (Phi) is 6.36. The number of ether oxygens (including phenoxy) is 1. The predicted octanol–water partition coefficient (Wildman–Crippen LogP) is 0.671. The zero-order valence-electron chi connectivity index (χ0n) is 9.55. The van der Waals surface area contributed by atoms with Gasteiger partial charge in [-0.3, -0.25) is 4.79 Å². The standard InChI is InChI=1S/C11H22N2O2/c1-2-15-9-5-8-12-10-6-3-4-7-13-11(10)14/h10,12H,2-9H2,1H3,(H,13,14). The molecule has 1 aliphatic heterocycles. The summed E-state index contributed by atoms with van der Waals surface area (Å²) < 4.78 is 5.23. The molecule has 0 spiro atoms. The maximum absolute atomic E-state index is 11.5. The Morgan fingerprint density at radius 3 is 3.20 bits per heavy atom. The highest BCUT2D eigenvalue weighted by Crippen LogP contribution is 2.04. The summed E-state index contributed by atoms with van der Waals surface area (Å²) in [6.07, 6.45) is 4.16. The van der Waals surface area contributed by atoms with Crippen LogP contribution in [0.3, 0.4) is 0 Å². The summed E-state index contributed by atoms with van der Waals surface area (Å²) in [5, 5.41) is 6.19. The molecule has 1 unspecified atom stereocenters. The molecule has 1 heterocycles. The Morgan fingerprint density at radius 2 is 2.40 bits per heavy atom. The van der Waals surface area contributed by atoms with Gasteiger partial charge in [0.2, 0.25) is 5.91 Å². The highest BCUT2D eigenvalue weighted by Gasteiger charge is 2.18. The Hall–Kier alpha value is -0.610. The molecule has 0 radical (unpaired) electrons. The second-order valence-electron chi connectivity index (χ2n) is 3.84. The second-order valence-corrected chi connectivity index (χ2v) is 3.84. The van der Waals surface area contributed by atoms with Gasteiger partial charge in [-0.1, -0.05) is 0 Å². The van der Waals surface area contributed by atoms with Crippen LogP contribution in [0.25, 0.3) is 0 Å². The van der Waals surface area contributed by atoms with E-state index in [1.54, 1.807) is 0 Å². The quantitative estimate of drug-likeness (QED) is 0.639. The third-order valence-corrected chi connectivity index (χ3v) is 2.60. The molecule has 0 aromatic heterocycles. The Balaban J connectivity index is 2.10. The fourth-order valence-corrected chi connectivity index (χ4v) is 1.73. The molecule has 1 rings (SSSR count). The molecule has 1 aliphatic rings. The Morgan fingerprint density at radius 1 is 1.53 bits per heavy atom. The van der Waals surface area contributed by atoms with Crippen molar-refractivity contribution in [3.63, 3.8) is 0 Å². The predicted molar refractivity (Wildman–Crippen MR) is 59.8 cm³/mol. The molecule has 0 aliphatic carbocycles. The Labute approximate surface area is 91.8 Å². The zero-order chi connectivity index (χ0) is 10.9. The smallest absolute Gasteiger partial charge is 0.237 e. The zero-order valence-corrected chi connectivity index (χ0v) is 9.55. The summed E-state index contributed by atoms with van der Waals surface area (Å²) in [5.74, 6) is 0.156. The number of nitrogens with one attached hydrogen (secondary N) is 2. The molecule has 1 fully saturated rings. The third-order valence-electron chi connectivity index (χ3n) is 2.60. The number of hydrogen-bond acceptors (Lipinski definition) is 3. The van der Waals surface area contributed by atoms with Crippen LogP contribution in [0.4, 0.5) is 0 Å². The van der Waals surface area contributed by atoms with Crippen molar-refractivity contribution in [2.45, 2.75) is 38.6 Å². The van der Waals surface area contributed by atoms with E-state index in [4.69, 9.17) is 4.74 Å². The molecule has 1 saturated heterocycles. The summed E-state index contributed by atoms with van der Waals surface area (Å²) in [5.41, 5.74) is 0. The van der Waals surface area contributed by atoms with E-state index in [2.05, 4.69) is 10.6 Å². The molecule has 0 bridgehead atoms. The fraction of sp³-hybridized carbons (Fsp3) is 0.909. The highest BCUT2D eigenvalue weighted by atomic mass is 16.5. The topological polar surface area (TPSA) is 50.4 Å². The molecular weight excluding hydrogens is 192 g/mol. The van der Waals surface area contributed by atoms with Crippen molar-refractivity contribution in [1.29, 1.82) is 0 Å². The summed E-state index contributed by atoms with van der Waals surface area (Å²) in [7, 11) is 0. The van der Waals surface area contributed by atoms with Crippen molar-refractivity contribution in [2.75, 3.05) is 26.3 Å². The van der Waals surface area contributed by atoms with Crippen molar-refractivity contribution < 1.29 is 9.53 Å².